The molecule has 1 unspecified atom stereocenters. The largest absolute Gasteiger partial charge is 0.497 e. The highest BCUT2D eigenvalue weighted by Crippen LogP contribution is 2.38. The first-order valence-electron chi connectivity index (χ1n) is 14.3. The minimum atomic E-state index is -4.86. The molecule has 0 saturated heterocycles. The normalized spacial score (nSPS) is 13.6. The van der Waals surface area contributed by atoms with Crippen molar-refractivity contribution in [2.75, 3.05) is 39.8 Å². The Bertz CT molecular complexity index is 1780. The second-order valence-corrected chi connectivity index (χ2v) is 10.9. The van der Waals surface area contributed by atoms with Crippen molar-refractivity contribution in [3.63, 3.8) is 0 Å². The van der Waals surface area contributed by atoms with Crippen LogP contribution in [0, 0.1) is 0 Å². The number of fused-ring (bicyclic) bond motifs is 1. The van der Waals surface area contributed by atoms with E-state index < -0.39 is 29.7 Å². The first kappa shape index (κ1) is 32.1. The number of halogens is 3. The van der Waals surface area contributed by atoms with Crippen LogP contribution in [-0.4, -0.2) is 67.3 Å². The summed E-state index contributed by atoms with van der Waals surface area (Å²) in [4.78, 5) is 42.8. The van der Waals surface area contributed by atoms with Gasteiger partial charge in [-0.2, -0.15) is 18.3 Å². The molecule has 2 heterocycles. The summed E-state index contributed by atoms with van der Waals surface area (Å²) >= 11 is 0. The highest BCUT2D eigenvalue weighted by Gasteiger charge is 2.43. The van der Waals surface area contributed by atoms with Crippen LogP contribution in [0.2, 0.25) is 0 Å². The van der Waals surface area contributed by atoms with Gasteiger partial charge in [-0.1, -0.05) is 12.1 Å². The number of ether oxygens (including phenoxy) is 2. The van der Waals surface area contributed by atoms with Gasteiger partial charge in [-0.15, -0.1) is 0 Å². The number of alkyl halides is 3. The summed E-state index contributed by atoms with van der Waals surface area (Å²) in [6, 6.07) is 17.1. The van der Waals surface area contributed by atoms with Gasteiger partial charge in [-0.25, -0.2) is 4.68 Å². The zero-order valence-electron chi connectivity index (χ0n) is 25.8. The molecule has 240 valence electrons. The van der Waals surface area contributed by atoms with E-state index in [-0.39, 0.29) is 47.1 Å². The van der Waals surface area contributed by atoms with Crippen LogP contribution < -0.4 is 19.7 Å². The average molecular weight is 636 g/mol. The molecule has 13 heteroatoms. The van der Waals surface area contributed by atoms with Crippen molar-refractivity contribution in [1.29, 1.82) is 0 Å². The lowest BCUT2D eigenvalue weighted by Gasteiger charge is -2.28. The molecule has 4 aromatic rings. The molecular weight excluding hydrogens is 603 g/mol. The second kappa shape index (κ2) is 12.6. The Kier molecular flexibility index (Phi) is 8.77. The Morgan fingerprint density at radius 1 is 0.957 bits per heavy atom. The van der Waals surface area contributed by atoms with Crippen LogP contribution in [0.25, 0.3) is 5.69 Å². The summed E-state index contributed by atoms with van der Waals surface area (Å²) in [6.07, 6.45) is -5.00. The summed E-state index contributed by atoms with van der Waals surface area (Å²) in [5.74, 6) is -0.666. The fraction of sp³-hybridized carbons (Fsp3) is 0.273. The van der Waals surface area contributed by atoms with Gasteiger partial charge in [0.15, 0.2) is 5.69 Å². The van der Waals surface area contributed by atoms with Crippen molar-refractivity contribution in [2.24, 2.45) is 0 Å². The van der Waals surface area contributed by atoms with E-state index in [0.29, 0.717) is 17.0 Å². The van der Waals surface area contributed by atoms with Crippen molar-refractivity contribution in [3.05, 3.63) is 100 Å². The SMILES string of the molecule is COc1ccc(C(C)NC(=O)c2cc(OC)ccc2-n2nc(C(F)(F)F)c3c2C(=O)N(c2ccc(C(=O)N(C)C)cc2)CC3)cc1. The number of amides is 3. The number of hydrogen-bond acceptors (Lipinski definition) is 6. The van der Waals surface area contributed by atoms with Crippen molar-refractivity contribution in [1.82, 2.24) is 20.0 Å². The van der Waals surface area contributed by atoms with Gasteiger partial charge in [0.25, 0.3) is 17.7 Å². The molecule has 1 N–H and O–H groups in total. The summed E-state index contributed by atoms with van der Waals surface area (Å²) < 4.78 is 54.2. The molecule has 10 nitrogen and oxygen atoms in total. The summed E-state index contributed by atoms with van der Waals surface area (Å²) in [5, 5.41) is 6.75. The van der Waals surface area contributed by atoms with Gasteiger partial charge in [-0.05, 0) is 73.5 Å². The Balaban J connectivity index is 1.57. The quantitative estimate of drug-likeness (QED) is 0.282. The summed E-state index contributed by atoms with van der Waals surface area (Å²) in [7, 11) is 6.15. The molecule has 3 aromatic carbocycles. The van der Waals surface area contributed by atoms with Gasteiger partial charge in [-0.3, -0.25) is 14.4 Å². The van der Waals surface area contributed by atoms with E-state index in [1.165, 1.54) is 42.2 Å². The third-order valence-corrected chi connectivity index (χ3v) is 7.76. The van der Waals surface area contributed by atoms with E-state index >= 15 is 0 Å². The van der Waals surface area contributed by atoms with Gasteiger partial charge in [0.05, 0.1) is 31.5 Å². The monoisotopic (exact) mass is 635 g/mol. The number of rotatable bonds is 8. The van der Waals surface area contributed by atoms with Gasteiger partial charge >= 0.3 is 6.18 Å². The van der Waals surface area contributed by atoms with E-state index in [1.807, 2.05) is 0 Å². The topological polar surface area (TPSA) is 106 Å². The van der Waals surface area contributed by atoms with Crippen LogP contribution in [0.4, 0.5) is 18.9 Å². The van der Waals surface area contributed by atoms with Gasteiger partial charge in [0.2, 0.25) is 0 Å². The first-order chi connectivity index (χ1) is 21.8. The number of carbonyl (C=O) groups is 3. The maximum atomic E-state index is 14.3. The number of anilines is 1. The van der Waals surface area contributed by atoms with Gasteiger partial charge in [0.1, 0.15) is 17.2 Å². The molecule has 1 atom stereocenters. The minimum Gasteiger partial charge on any atom is -0.497 e. The fourth-order valence-corrected chi connectivity index (χ4v) is 5.31. The zero-order valence-corrected chi connectivity index (χ0v) is 25.8. The molecule has 0 spiro atoms. The van der Waals surface area contributed by atoms with Crippen LogP contribution in [-0.2, 0) is 12.6 Å². The number of methoxy groups -OCH3 is 2. The number of hydrogen-bond donors (Lipinski definition) is 1. The van der Waals surface area contributed by atoms with Crippen molar-refractivity contribution < 1.29 is 37.0 Å². The molecule has 1 aromatic heterocycles. The van der Waals surface area contributed by atoms with Crippen LogP contribution >= 0.6 is 0 Å². The third-order valence-electron chi connectivity index (χ3n) is 7.76. The minimum absolute atomic E-state index is 0.0332. The highest BCUT2D eigenvalue weighted by molar-refractivity contribution is 6.08. The predicted molar refractivity (Wildman–Crippen MR) is 164 cm³/mol. The van der Waals surface area contributed by atoms with E-state index in [9.17, 15) is 27.6 Å². The van der Waals surface area contributed by atoms with Gasteiger partial charge in [0, 0.05) is 37.5 Å². The molecule has 0 fully saturated rings. The van der Waals surface area contributed by atoms with Crippen LogP contribution in [0.3, 0.4) is 0 Å². The Morgan fingerprint density at radius 2 is 1.59 bits per heavy atom. The third kappa shape index (κ3) is 6.12. The number of nitrogens with zero attached hydrogens (tertiary/aromatic N) is 4. The molecule has 46 heavy (non-hydrogen) atoms. The van der Waals surface area contributed by atoms with Crippen LogP contribution in [0.5, 0.6) is 11.5 Å². The molecule has 3 amide bonds. The average Bonchev–Trinajstić information content (AvgIpc) is 3.45. The number of nitrogens with one attached hydrogen (secondary N) is 1. The zero-order chi connectivity index (χ0) is 33.3. The lowest BCUT2D eigenvalue weighted by atomic mass is 10.0. The van der Waals surface area contributed by atoms with Crippen molar-refractivity contribution in [2.45, 2.75) is 25.6 Å². The molecule has 0 radical (unpaired) electrons. The highest BCUT2D eigenvalue weighted by atomic mass is 19.4. The Morgan fingerprint density at radius 3 is 2.17 bits per heavy atom. The Hall–Kier alpha value is -5.33. The van der Waals surface area contributed by atoms with E-state index in [0.717, 1.165) is 10.2 Å². The maximum Gasteiger partial charge on any atom is 0.435 e. The fourth-order valence-electron chi connectivity index (χ4n) is 5.31. The van der Waals surface area contributed by atoms with E-state index in [2.05, 4.69) is 10.4 Å². The number of benzene rings is 3. The number of carbonyl (C=O) groups excluding carboxylic acids is 3. The summed E-state index contributed by atoms with van der Waals surface area (Å²) in [5.41, 5.74) is -0.301. The lowest BCUT2D eigenvalue weighted by Crippen LogP contribution is -2.39. The van der Waals surface area contributed by atoms with Crippen molar-refractivity contribution >= 4 is 23.4 Å². The van der Waals surface area contributed by atoms with Crippen LogP contribution in [0.15, 0.2) is 66.7 Å². The molecule has 0 aliphatic carbocycles. The molecule has 5 rings (SSSR count). The molecular formula is C33H32F3N5O5. The van der Waals surface area contributed by atoms with Crippen LogP contribution in [0.1, 0.15) is 61.0 Å². The smallest absolute Gasteiger partial charge is 0.435 e. The Labute approximate surface area is 263 Å². The van der Waals surface area contributed by atoms with Gasteiger partial charge < -0.3 is 24.6 Å². The maximum absolute atomic E-state index is 14.3. The number of aromatic nitrogens is 2. The predicted octanol–water partition coefficient (Wildman–Crippen LogP) is 5.30. The first-order valence-corrected chi connectivity index (χ1v) is 14.3. The summed E-state index contributed by atoms with van der Waals surface area (Å²) in [6.45, 7) is 1.72. The molecule has 0 saturated carbocycles. The lowest BCUT2D eigenvalue weighted by molar-refractivity contribution is -0.141. The van der Waals surface area contributed by atoms with E-state index in [4.69, 9.17) is 9.47 Å². The molecule has 1 aliphatic heterocycles. The second-order valence-electron chi connectivity index (χ2n) is 10.9. The standard InChI is InChI=1S/C33H32F3N5O5/c1-19(20-8-12-23(45-4)13-9-20)37-30(42)26-18-24(46-5)14-15-27(26)41-28-25(29(38-41)33(34,35)36)16-17-40(32(28)44)22-10-6-21(7-11-22)31(43)39(2)3/h6-15,18-19H,16-17H2,1-5H3,(H,37,42). The van der Waals surface area contributed by atoms with E-state index in [1.54, 1.807) is 69.6 Å². The molecule has 1 aliphatic rings. The van der Waals surface area contributed by atoms with Crippen molar-refractivity contribution in [3.8, 4) is 17.2 Å². The molecule has 0 bridgehead atoms.